The molecule has 0 aliphatic heterocycles. The van der Waals surface area contributed by atoms with E-state index >= 15 is 0 Å². The lowest BCUT2D eigenvalue weighted by atomic mass is 10.0. The quantitative estimate of drug-likeness (QED) is 0.688. The maximum Gasteiger partial charge on any atom is 0.314 e. The molecule has 0 heterocycles. The van der Waals surface area contributed by atoms with Gasteiger partial charge in [0.25, 0.3) is 0 Å². The number of hydrogen-bond donors (Lipinski definition) is 3. The summed E-state index contributed by atoms with van der Waals surface area (Å²) < 4.78 is 0. The molecule has 1 aromatic rings. The minimum Gasteiger partial charge on any atom is -0.393 e. The van der Waals surface area contributed by atoms with E-state index in [0.717, 1.165) is 0 Å². The molecule has 0 aromatic heterocycles. The van der Waals surface area contributed by atoms with E-state index in [4.69, 9.17) is 0 Å². The number of carbonyl (C=O) groups is 1. The van der Waals surface area contributed by atoms with Crippen LogP contribution in [0.2, 0.25) is 0 Å². The van der Waals surface area contributed by atoms with Gasteiger partial charge in [0.05, 0.1) is 12.1 Å². The second kappa shape index (κ2) is 9.43. The van der Waals surface area contributed by atoms with E-state index in [2.05, 4.69) is 27.7 Å². The summed E-state index contributed by atoms with van der Waals surface area (Å²) in [6, 6.07) is 10.0. The van der Waals surface area contributed by atoms with Gasteiger partial charge in [0.2, 0.25) is 0 Å². The fourth-order valence-corrected chi connectivity index (χ4v) is 2.19. The predicted molar refractivity (Wildman–Crippen MR) is 89.7 cm³/mol. The molecule has 0 saturated carbocycles. The first-order valence-corrected chi connectivity index (χ1v) is 7.83. The Kier molecular flexibility index (Phi) is 7.91. The highest BCUT2D eigenvalue weighted by Crippen LogP contribution is 2.16. The van der Waals surface area contributed by atoms with Crippen LogP contribution in [0.1, 0.15) is 31.9 Å². The highest BCUT2D eigenvalue weighted by molar-refractivity contribution is 5.73. The van der Waals surface area contributed by atoms with E-state index < -0.39 is 0 Å². The van der Waals surface area contributed by atoms with Gasteiger partial charge in [-0.1, -0.05) is 44.2 Å². The second-order valence-corrected chi connectivity index (χ2v) is 6.13. The van der Waals surface area contributed by atoms with Crippen molar-refractivity contribution in [1.82, 2.24) is 15.5 Å². The summed E-state index contributed by atoms with van der Waals surface area (Å²) >= 11 is 0. The van der Waals surface area contributed by atoms with Crippen LogP contribution < -0.4 is 10.6 Å². The molecular weight excluding hydrogens is 278 g/mol. The van der Waals surface area contributed by atoms with Crippen LogP contribution in [0, 0.1) is 5.92 Å². The van der Waals surface area contributed by atoms with Crippen LogP contribution in [0.4, 0.5) is 4.79 Å². The molecule has 2 amide bonds. The standard InChI is InChI=1S/C17H29N3O2/c1-13(2)16(21)10-11-18-17(22)19-12-15(20(3)4)14-8-6-5-7-9-14/h5-9,13,15-16,21H,10-12H2,1-4H3,(H2,18,19,22). The van der Waals surface area contributed by atoms with Gasteiger partial charge >= 0.3 is 6.03 Å². The summed E-state index contributed by atoms with van der Waals surface area (Å²) in [5.74, 6) is 0.209. The molecule has 0 saturated heterocycles. The smallest absolute Gasteiger partial charge is 0.314 e. The van der Waals surface area contributed by atoms with Crippen molar-refractivity contribution >= 4 is 6.03 Å². The fourth-order valence-electron chi connectivity index (χ4n) is 2.19. The van der Waals surface area contributed by atoms with Gasteiger partial charge in [-0.25, -0.2) is 4.79 Å². The Labute approximate surface area is 133 Å². The highest BCUT2D eigenvalue weighted by Gasteiger charge is 2.15. The highest BCUT2D eigenvalue weighted by atomic mass is 16.3. The number of rotatable bonds is 8. The van der Waals surface area contributed by atoms with E-state index in [1.54, 1.807) is 0 Å². The first-order valence-electron chi connectivity index (χ1n) is 7.83. The van der Waals surface area contributed by atoms with Gasteiger partial charge in [0.15, 0.2) is 0 Å². The molecule has 2 unspecified atom stereocenters. The fraction of sp³-hybridized carbons (Fsp3) is 0.588. The Morgan fingerprint density at radius 3 is 2.36 bits per heavy atom. The topological polar surface area (TPSA) is 64.6 Å². The Morgan fingerprint density at radius 2 is 1.82 bits per heavy atom. The van der Waals surface area contributed by atoms with Gasteiger partial charge in [-0.15, -0.1) is 0 Å². The summed E-state index contributed by atoms with van der Waals surface area (Å²) in [4.78, 5) is 13.9. The maximum atomic E-state index is 11.8. The van der Waals surface area contributed by atoms with Gasteiger partial charge in [-0.05, 0) is 32.0 Å². The Balaban J connectivity index is 2.38. The summed E-state index contributed by atoms with van der Waals surface area (Å²) in [5, 5.41) is 15.4. The number of likely N-dealkylation sites (N-methyl/N-ethyl adjacent to an activating group) is 1. The Hall–Kier alpha value is -1.59. The van der Waals surface area contributed by atoms with Crippen molar-refractivity contribution in [2.75, 3.05) is 27.2 Å². The van der Waals surface area contributed by atoms with Crippen molar-refractivity contribution in [2.24, 2.45) is 5.92 Å². The van der Waals surface area contributed by atoms with Crippen molar-refractivity contribution < 1.29 is 9.90 Å². The van der Waals surface area contributed by atoms with Crippen LogP contribution in [0.15, 0.2) is 30.3 Å². The number of urea groups is 1. The Bertz CT molecular complexity index is 435. The van der Waals surface area contributed by atoms with E-state index in [1.807, 2.05) is 46.1 Å². The zero-order valence-electron chi connectivity index (χ0n) is 14.0. The number of benzene rings is 1. The second-order valence-electron chi connectivity index (χ2n) is 6.13. The van der Waals surface area contributed by atoms with Gasteiger partial charge in [-0.3, -0.25) is 0 Å². The van der Waals surface area contributed by atoms with Crippen LogP contribution in [0.25, 0.3) is 0 Å². The lowest BCUT2D eigenvalue weighted by molar-refractivity contribution is 0.116. The van der Waals surface area contributed by atoms with E-state index in [-0.39, 0.29) is 24.1 Å². The first kappa shape index (κ1) is 18.5. The molecule has 0 spiro atoms. The number of nitrogens with zero attached hydrogens (tertiary/aromatic N) is 1. The average Bonchev–Trinajstić information content (AvgIpc) is 2.48. The summed E-state index contributed by atoms with van der Waals surface area (Å²) in [7, 11) is 3.99. The zero-order valence-corrected chi connectivity index (χ0v) is 14.0. The SMILES string of the molecule is CC(C)C(O)CCNC(=O)NCC(c1ccccc1)N(C)C. The number of amides is 2. The number of aliphatic hydroxyl groups is 1. The van der Waals surface area contributed by atoms with Crippen LogP contribution >= 0.6 is 0 Å². The molecule has 0 fully saturated rings. The molecule has 1 rings (SSSR count). The van der Waals surface area contributed by atoms with E-state index in [1.165, 1.54) is 5.56 Å². The summed E-state index contributed by atoms with van der Waals surface area (Å²) in [6.45, 7) is 4.94. The molecule has 5 heteroatoms. The minimum absolute atomic E-state index is 0.133. The molecule has 1 aromatic carbocycles. The monoisotopic (exact) mass is 307 g/mol. The zero-order chi connectivity index (χ0) is 16.5. The molecule has 124 valence electrons. The lowest BCUT2D eigenvalue weighted by Gasteiger charge is -2.25. The van der Waals surface area contributed by atoms with Crippen LogP contribution in [0.3, 0.4) is 0 Å². The van der Waals surface area contributed by atoms with E-state index in [0.29, 0.717) is 19.5 Å². The van der Waals surface area contributed by atoms with Crippen molar-refractivity contribution in [2.45, 2.75) is 32.4 Å². The van der Waals surface area contributed by atoms with Crippen molar-refractivity contribution in [3.05, 3.63) is 35.9 Å². The molecular formula is C17H29N3O2. The summed E-state index contributed by atoms with van der Waals surface area (Å²) in [5.41, 5.74) is 1.17. The average molecular weight is 307 g/mol. The van der Waals surface area contributed by atoms with E-state index in [9.17, 15) is 9.90 Å². The van der Waals surface area contributed by atoms with Crippen molar-refractivity contribution in [1.29, 1.82) is 0 Å². The molecule has 3 N–H and O–H groups in total. The summed E-state index contributed by atoms with van der Waals surface area (Å²) in [6.07, 6.45) is 0.195. The number of hydrogen-bond acceptors (Lipinski definition) is 3. The van der Waals surface area contributed by atoms with Crippen molar-refractivity contribution in [3.8, 4) is 0 Å². The molecule has 22 heavy (non-hydrogen) atoms. The first-order chi connectivity index (χ1) is 10.4. The molecule has 2 atom stereocenters. The maximum absolute atomic E-state index is 11.8. The number of aliphatic hydroxyl groups excluding tert-OH is 1. The normalized spacial score (nSPS) is 14.0. The lowest BCUT2D eigenvalue weighted by Crippen LogP contribution is -2.41. The third-order valence-corrected chi connectivity index (χ3v) is 3.76. The molecule has 0 aliphatic rings. The third-order valence-electron chi connectivity index (χ3n) is 3.76. The molecule has 5 nitrogen and oxygen atoms in total. The third kappa shape index (κ3) is 6.45. The van der Waals surface area contributed by atoms with Crippen LogP contribution in [0.5, 0.6) is 0 Å². The predicted octanol–water partition coefficient (Wildman–Crippen LogP) is 2.00. The van der Waals surface area contributed by atoms with Crippen LogP contribution in [-0.4, -0.2) is 49.3 Å². The van der Waals surface area contributed by atoms with Gasteiger partial charge in [0.1, 0.15) is 0 Å². The van der Waals surface area contributed by atoms with Crippen molar-refractivity contribution in [3.63, 3.8) is 0 Å². The molecule has 0 radical (unpaired) electrons. The van der Waals surface area contributed by atoms with Gasteiger partial charge < -0.3 is 20.6 Å². The largest absolute Gasteiger partial charge is 0.393 e. The minimum atomic E-state index is -0.376. The molecule has 0 bridgehead atoms. The van der Waals surface area contributed by atoms with Gasteiger partial charge in [0, 0.05) is 13.1 Å². The Morgan fingerprint density at radius 1 is 1.18 bits per heavy atom. The van der Waals surface area contributed by atoms with Crippen LogP contribution in [-0.2, 0) is 0 Å². The number of nitrogens with one attached hydrogen (secondary N) is 2. The molecule has 0 aliphatic carbocycles. The van der Waals surface area contributed by atoms with Gasteiger partial charge in [-0.2, -0.15) is 0 Å². The number of carbonyl (C=O) groups excluding carboxylic acids is 1.